The fraction of sp³-hybridized carbons (Fsp3) is 0.304. The molecule has 0 saturated carbocycles. The molecule has 0 saturated heterocycles. The van der Waals surface area contributed by atoms with Crippen LogP contribution in [-0.2, 0) is 12.6 Å². The number of nitrogens with zero attached hydrogens (tertiary/aromatic N) is 3. The highest BCUT2D eigenvalue weighted by atomic mass is 15.5. The molecule has 0 bridgehead atoms. The van der Waals surface area contributed by atoms with Gasteiger partial charge in [0.1, 0.15) is 12.0 Å². The van der Waals surface area contributed by atoms with Gasteiger partial charge in [0.05, 0.1) is 16.9 Å². The van der Waals surface area contributed by atoms with Crippen molar-refractivity contribution in [3.8, 4) is 0 Å². The Kier molecular flexibility index (Phi) is 3.83. The van der Waals surface area contributed by atoms with Crippen LogP contribution in [0, 0.1) is 6.92 Å². The lowest BCUT2D eigenvalue weighted by Crippen LogP contribution is -2.49. The first-order valence-electron chi connectivity index (χ1n) is 9.28. The van der Waals surface area contributed by atoms with Gasteiger partial charge < -0.3 is 14.4 Å². The number of fused-ring (bicyclic) bond motifs is 1. The van der Waals surface area contributed by atoms with E-state index in [0.717, 1.165) is 0 Å². The van der Waals surface area contributed by atoms with Gasteiger partial charge in [0, 0.05) is 13.2 Å². The average Bonchev–Trinajstić information content (AvgIpc) is 3.15. The topological polar surface area (TPSA) is 11.4 Å². The van der Waals surface area contributed by atoms with Gasteiger partial charge in [-0.2, -0.15) is 0 Å². The molecule has 1 atom stereocenters. The van der Waals surface area contributed by atoms with Crippen LogP contribution in [0.25, 0.3) is 0 Å². The molecule has 3 aromatic rings. The van der Waals surface area contributed by atoms with Gasteiger partial charge in [-0.05, 0) is 63.1 Å². The highest BCUT2D eigenvalue weighted by Crippen LogP contribution is 2.49. The summed E-state index contributed by atoms with van der Waals surface area (Å²) in [4.78, 5) is 4.99. The molecular weight excluding hydrogens is 318 g/mol. The Balaban J connectivity index is 1.88. The maximum absolute atomic E-state index is 2.55. The minimum atomic E-state index is -0.124. The van der Waals surface area contributed by atoms with Crippen LogP contribution in [0.3, 0.4) is 0 Å². The van der Waals surface area contributed by atoms with E-state index in [-0.39, 0.29) is 11.7 Å². The Hall–Kier alpha value is -2.68. The lowest BCUT2D eigenvalue weighted by molar-refractivity contribution is 0.445. The zero-order chi connectivity index (χ0) is 18.5. The number of rotatable bonds is 3. The maximum Gasteiger partial charge on any atom is 0.114 e. The van der Waals surface area contributed by atoms with Crippen molar-refractivity contribution in [3.63, 3.8) is 0 Å². The minimum Gasteiger partial charge on any atom is -0.340 e. The second kappa shape index (κ2) is 5.94. The van der Waals surface area contributed by atoms with E-state index in [1.165, 1.54) is 28.3 Å². The molecule has 3 nitrogen and oxygen atoms in total. The first-order chi connectivity index (χ1) is 12.4. The largest absolute Gasteiger partial charge is 0.340 e. The van der Waals surface area contributed by atoms with Crippen molar-refractivity contribution < 1.29 is 0 Å². The van der Waals surface area contributed by atoms with E-state index >= 15 is 0 Å². The van der Waals surface area contributed by atoms with Crippen LogP contribution in [0.1, 0.15) is 31.9 Å². The van der Waals surface area contributed by atoms with Gasteiger partial charge in [-0.15, -0.1) is 0 Å². The van der Waals surface area contributed by atoms with E-state index < -0.39 is 0 Å². The minimum absolute atomic E-state index is 0.124. The van der Waals surface area contributed by atoms with E-state index in [4.69, 9.17) is 0 Å². The molecule has 0 fully saturated rings. The number of anilines is 3. The molecule has 2 aromatic carbocycles. The molecule has 3 heteroatoms. The first kappa shape index (κ1) is 16.8. The van der Waals surface area contributed by atoms with Crippen LogP contribution in [0.5, 0.6) is 0 Å². The Morgan fingerprint density at radius 1 is 0.846 bits per heavy atom. The van der Waals surface area contributed by atoms with Crippen molar-refractivity contribution in [1.82, 2.24) is 4.57 Å². The Labute approximate surface area is 156 Å². The Bertz CT molecular complexity index is 938. The van der Waals surface area contributed by atoms with Crippen LogP contribution in [0.2, 0.25) is 0 Å². The molecule has 1 aliphatic rings. The summed E-state index contributed by atoms with van der Waals surface area (Å²) in [5, 5.41) is 0. The summed E-state index contributed by atoms with van der Waals surface area (Å²) >= 11 is 0. The third-order valence-corrected chi connectivity index (χ3v) is 5.72. The second-order valence-corrected chi connectivity index (χ2v) is 7.71. The molecule has 4 rings (SSSR count). The predicted octanol–water partition coefficient (Wildman–Crippen LogP) is 5.57. The molecule has 0 amide bonds. The van der Waals surface area contributed by atoms with E-state index in [1.54, 1.807) is 0 Å². The van der Waals surface area contributed by atoms with Gasteiger partial charge >= 0.3 is 0 Å². The molecule has 1 aromatic heterocycles. The SMILES string of the molecule is Cc1ccccc1C(C)(C)N1c2ccccc2N(c2cccn2C)[C@H]1C. The van der Waals surface area contributed by atoms with Crippen molar-refractivity contribution in [2.75, 3.05) is 9.80 Å². The zero-order valence-electron chi connectivity index (χ0n) is 16.3. The summed E-state index contributed by atoms with van der Waals surface area (Å²) in [7, 11) is 2.11. The summed E-state index contributed by atoms with van der Waals surface area (Å²) in [6, 6.07) is 21.8. The normalized spacial score (nSPS) is 16.9. The lowest BCUT2D eigenvalue weighted by Gasteiger charge is -2.43. The van der Waals surface area contributed by atoms with Crippen LogP contribution in [0.4, 0.5) is 17.2 Å². The van der Waals surface area contributed by atoms with E-state index in [0.29, 0.717) is 0 Å². The third-order valence-electron chi connectivity index (χ3n) is 5.72. The molecule has 1 aliphatic heterocycles. The molecule has 26 heavy (non-hydrogen) atoms. The van der Waals surface area contributed by atoms with Crippen molar-refractivity contribution in [3.05, 3.63) is 78.0 Å². The highest BCUT2D eigenvalue weighted by molar-refractivity contribution is 5.83. The van der Waals surface area contributed by atoms with E-state index in [9.17, 15) is 0 Å². The molecule has 2 heterocycles. The highest BCUT2D eigenvalue weighted by Gasteiger charge is 2.43. The number of hydrogen-bond acceptors (Lipinski definition) is 2. The summed E-state index contributed by atoms with van der Waals surface area (Å²) in [6.07, 6.45) is 2.33. The van der Waals surface area contributed by atoms with Gasteiger partial charge in [0.15, 0.2) is 0 Å². The van der Waals surface area contributed by atoms with Crippen molar-refractivity contribution in [2.24, 2.45) is 7.05 Å². The lowest BCUT2D eigenvalue weighted by atomic mass is 9.88. The van der Waals surface area contributed by atoms with Crippen LogP contribution >= 0.6 is 0 Å². The summed E-state index contributed by atoms with van der Waals surface area (Å²) in [5.74, 6) is 1.22. The quantitative estimate of drug-likeness (QED) is 0.614. The summed E-state index contributed by atoms with van der Waals surface area (Å²) < 4.78 is 2.19. The van der Waals surface area contributed by atoms with Crippen LogP contribution in [0.15, 0.2) is 66.9 Å². The van der Waals surface area contributed by atoms with Crippen molar-refractivity contribution in [1.29, 1.82) is 0 Å². The molecule has 0 radical (unpaired) electrons. The molecule has 134 valence electrons. The summed E-state index contributed by atoms with van der Waals surface area (Å²) in [5.41, 5.74) is 5.13. The molecular formula is C23H27N3. The van der Waals surface area contributed by atoms with Gasteiger partial charge in [-0.3, -0.25) is 0 Å². The second-order valence-electron chi connectivity index (χ2n) is 7.71. The van der Waals surface area contributed by atoms with Gasteiger partial charge in [-0.1, -0.05) is 36.4 Å². The molecule has 0 spiro atoms. The third kappa shape index (κ3) is 2.34. The monoisotopic (exact) mass is 345 g/mol. The fourth-order valence-electron chi connectivity index (χ4n) is 4.56. The number of para-hydroxylation sites is 2. The van der Waals surface area contributed by atoms with Crippen molar-refractivity contribution in [2.45, 2.75) is 39.4 Å². The van der Waals surface area contributed by atoms with Gasteiger partial charge in [0.25, 0.3) is 0 Å². The Morgan fingerprint density at radius 3 is 2.15 bits per heavy atom. The van der Waals surface area contributed by atoms with Crippen LogP contribution < -0.4 is 9.80 Å². The smallest absolute Gasteiger partial charge is 0.114 e. The molecule has 0 unspecified atom stereocenters. The number of aromatic nitrogens is 1. The summed E-state index contributed by atoms with van der Waals surface area (Å²) in [6.45, 7) is 9.17. The number of aryl methyl sites for hydroxylation is 2. The Morgan fingerprint density at radius 2 is 1.50 bits per heavy atom. The van der Waals surface area contributed by atoms with E-state index in [2.05, 4.69) is 116 Å². The number of benzene rings is 2. The standard InChI is InChI=1S/C23H27N3/c1-17-11-6-7-12-19(17)23(3,4)26-18(2)25(22-15-10-16-24(22)5)20-13-8-9-14-21(20)26/h6-16,18H,1-5H3/t18-/m1/s1. The number of hydrogen-bond donors (Lipinski definition) is 0. The van der Waals surface area contributed by atoms with Gasteiger partial charge in [0.2, 0.25) is 0 Å². The predicted molar refractivity (Wildman–Crippen MR) is 110 cm³/mol. The van der Waals surface area contributed by atoms with Crippen molar-refractivity contribution >= 4 is 17.2 Å². The molecule has 0 aliphatic carbocycles. The molecule has 0 N–H and O–H groups in total. The van der Waals surface area contributed by atoms with Gasteiger partial charge in [-0.25, -0.2) is 0 Å². The first-order valence-corrected chi connectivity index (χ1v) is 9.28. The maximum atomic E-state index is 2.55. The fourth-order valence-corrected chi connectivity index (χ4v) is 4.56. The average molecular weight is 345 g/mol. The van der Waals surface area contributed by atoms with Crippen LogP contribution in [-0.4, -0.2) is 10.7 Å². The van der Waals surface area contributed by atoms with E-state index in [1.807, 2.05) is 0 Å². The zero-order valence-corrected chi connectivity index (χ0v) is 16.3.